The Labute approximate surface area is 181 Å². The summed E-state index contributed by atoms with van der Waals surface area (Å²) in [4.78, 5) is 0. The summed E-state index contributed by atoms with van der Waals surface area (Å²) < 4.78 is 13.4. The van der Waals surface area contributed by atoms with Crippen LogP contribution in [0.4, 0.5) is 0 Å². The van der Waals surface area contributed by atoms with E-state index >= 15 is 0 Å². The number of nitrogens with zero attached hydrogens (tertiary/aromatic N) is 3. The summed E-state index contributed by atoms with van der Waals surface area (Å²) in [7, 11) is 3.31. The van der Waals surface area contributed by atoms with Crippen molar-refractivity contribution in [1.29, 1.82) is 0 Å². The van der Waals surface area contributed by atoms with Gasteiger partial charge in [-0.3, -0.25) is 0 Å². The Morgan fingerprint density at radius 3 is 2.29 bits per heavy atom. The SMILES string of the molecule is COc1cc2c3nnc(-c4ccccc4)c-3cn(Cc3cccc(C)c3)c2cc1OC. The van der Waals surface area contributed by atoms with E-state index in [1.165, 1.54) is 11.1 Å². The Bertz CT molecular complexity index is 1340. The molecule has 0 saturated carbocycles. The standard InChI is InChI=1S/C26H23N3O2/c1-17-8-7-9-18(12-17)15-29-16-21-25(19-10-5-4-6-11-19)27-28-26(21)20-13-23(30-2)24(31-3)14-22(20)29/h4-14,16H,15H2,1-3H3. The second-order valence-corrected chi connectivity index (χ2v) is 7.65. The quantitative estimate of drug-likeness (QED) is 0.380. The van der Waals surface area contributed by atoms with Crippen LogP contribution in [0, 0.1) is 6.92 Å². The minimum Gasteiger partial charge on any atom is -0.493 e. The van der Waals surface area contributed by atoms with Crippen molar-refractivity contribution in [2.45, 2.75) is 13.5 Å². The van der Waals surface area contributed by atoms with Crippen LogP contribution in [-0.4, -0.2) is 29.0 Å². The van der Waals surface area contributed by atoms with Gasteiger partial charge in [-0.15, -0.1) is 10.2 Å². The fourth-order valence-corrected chi connectivity index (χ4v) is 4.11. The molecule has 0 amide bonds. The Hall–Kier alpha value is -3.86. The summed E-state index contributed by atoms with van der Waals surface area (Å²) in [6.07, 6.45) is 2.15. The molecule has 2 aliphatic heterocycles. The highest BCUT2D eigenvalue weighted by atomic mass is 16.5. The molecule has 0 bridgehead atoms. The van der Waals surface area contributed by atoms with Crippen molar-refractivity contribution in [3.8, 4) is 34.0 Å². The molecule has 0 saturated heterocycles. The van der Waals surface area contributed by atoms with Gasteiger partial charge in [0.1, 0.15) is 11.4 Å². The van der Waals surface area contributed by atoms with E-state index < -0.39 is 0 Å². The first-order valence-electron chi connectivity index (χ1n) is 10.2. The fourth-order valence-electron chi connectivity index (χ4n) is 4.11. The molecule has 154 valence electrons. The Kier molecular flexibility index (Phi) is 4.79. The van der Waals surface area contributed by atoms with E-state index in [2.05, 4.69) is 64.3 Å². The molecule has 3 aromatic carbocycles. The van der Waals surface area contributed by atoms with Crippen LogP contribution in [0.25, 0.3) is 33.4 Å². The Balaban J connectivity index is 1.79. The topological polar surface area (TPSA) is 49.2 Å². The van der Waals surface area contributed by atoms with Gasteiger partial charge in [-0.2, -0.15) is 0 Å². The maximum Gasteiger partial charge on any atom is 0.162 e. The number of ether oxygens (including phenoxy) is 2. The number of methoxy groups -OCH3 is 2. The average Bonchev–Trinajstić information content (AvgIpc) is 3.23. The van der Waals surface area contributed by atoms with Crippen molar-refractivity contribution in [3.05, 3.63) is 84.1 Å². The normalized spacial score (nSPS) is 11.2. The predicted molar refractivity (Wildman–Crippen MR) is 123 cm³/mol. The number of rotatable bonds is 5. The molecule has 0 atom stereocenters. The minimum atomic E-state index is 0.675. The maximum atomic E-state index is 5.58. The van der Waals surface area contributed by atoms with Gasteiger partial charge in [-0.25, -0.2) is 0 Å². The molecule has 5 nitrogen and oxygen atoms in total. The summed E-state index contributed by atoms with van der Waals surface area (Å²) >= 11 is 0. The van der Waals surface area contributed by atoms with E-state index in [0.717, 1.165) is 40.0 Å². The highest BCUT2D eigenvalue weighted by molar-refractivity contribution is 5.99. The van der Waals surface area contributed by atoms with Gasteiger partial charge in [0.2, 0.25) is 0 Å². The molecule has 0 fully saturated rings. The van der Waals surface area contributed by atoms with Gasteiger partial charge < -0.3 is 14.0 Å². The van der Waals surface area contributed by atoms with Crippen LogP contribution in [0.15, 0.2) is 72.9 Å². The number of aromatic nitrogens is 3. The van der Waals surface area contributed by atoms with Crippen LogP contribution in [0.2, 0.25) is 0 Å². The van der Waals surface area contributed by atoms with E-state index in [4.69, 9.17) is 9.47 Å². The van der Waals surface area contributed by atoms with E-state index in [-0.39, 0.29) is 0 Å². The number of hydrogen-bond donors (Lipinski definition) is 0. The molecule has 0 aromatic heterocycles. The number of fused-ring (bicyclic) bond motifs is 3. The first-order valence-corrected chi connectivity index (χ1v) is 10.2. The number of aryl methyl sites for hydroxylation is 1. The number of pyridine rings is 1. The zero-order chi connectivity index (χ0) is 21.4. The monoisotopic (exact) mass is 409 g/mol. The van der Waals surface area contributed by atoms with Crippen LogP contribution in [0.5, 0.6) is 11.5 Å². The van der Waals surface area contributed by atoms with Gasteiger partial charge in [0, 0.05) is 35.3 Å². The lowest BCUT2D eigenvalue weighted by atomic mass is 10.0. The third kappa shape index (κ3) is 3.38. The molecular weight excluding hydrogens is 386 g/mol. The molecule has 0 N–H and O–H groups in total. The molecule has 5 rings (SSSR count). The number of hydrogen-bond acceptors (Lipinski definition) is 4. The zero-order valence-corrected chi connectivity index (χ0v) is 17.8. The highest BCUT2D eigenvalue weighted by Gasteiger charge is 2.22. The van der Waals surface area contributed by atoms with E-state index in [1.807, 2.05) is 30.3 Å². The van der Waals surface area contributed by atoms with Gasteiger partial charge in [0.15, 0.2) is 11.5 Å². The van der Waals surface area contributed by atoms with Crippen molar-refractivity contribution in [1.82, 2.24) is 14.8 Å². The van der Waals surface area contributed by atoms with Gasteiger partial charge in [-0.05, 0) is 18.6 Å². The van der Waals surface area contributed by atoms with Crippen molar-refractivity contribution in [3.63, 3.8) is 0 Å². The molecule has 0 spiro atoms. The predicted octanol–water partition coefficient (Wildman–Crippen LogP) is 5.58. The second kappa shape index (κ2) is 7.76. The molecule has 31 heavy (non-hydrogen) atoms. The third-order valence-corrected chi connectivity index (χ3v) is 5.59. The summed E-state index contributed by atoms with van der Waals surface area (Å²) in [5, 5.41) is 10.1. The van der Waals surface area contributed by atoms with Crippen molar-refractivity contribution in [2.24, 2.45) is 0 Å². The van der Waals surface area contributed by atoms with Gasteiger partial charge in [0.05, 0.1) is 19.7 Å². The third-order valence-electron chi connectivity index (χ3n) is 5.59. The molecular formula is C26H23N3O2. The zero-order valence-electron chi connectivity index (χ0n) is 17.8. The summed E-state index contributed by atoms with van der Waals surface area (Å²) in [6.45, 7) is 2.84. The molecule has 0 unspecified atom stereocenters. The van der Waals surface area contributed by atoms with Gasteiger partial charge in [-0.1, -0.05) is 60.2 Å². The smallest absolute Gasteiger partial charge is 0.162 e. The molecule has 0 radical (unpaired) electrons. The van der Waals surface area contributed by atoms with E-state index in [9.17, 15) is 0 Å². The minimum absolute atomic E-state index is 0.675. The summed E-state index contributed by atoms with van der Waals surface area (Å²) in [5.74, 6) is 1.36. The Morgan fingerprint density at radius 1 is 0.806 bits per heavy atom. The number of benzene rings is 3. The molecule has 2 heterocycles. The fraction of sp³-hybridized carbons (Fsp3) is 0.154. The Morgan fingerprint density at radius 2 is 1.55 bits per heavy atom. The van der Waals surface area contributed by atoms with Crippen molar-refractivity contribution in [2.75, 3.05) is 14.2 Å². The van der Waals surface area contributed by atoms with Crippen LogP contribution in [-0.2, 0) is 6.54 Å². The van der Waals surface area contributed by atoms with Gasteiger partial charge >= 0.3 is 0 Å². The first kappa shape index (κ1) is 19.1. The highest BCUT2D eigenvalue weighted by Crippen LogP contribution is 2.40. The maximum absolute atomic E-state index is 5.58. The van der Waals surface area contributed by atoms with Crippen LogP contribution >= 0.6 is 0 Å². The van der Waals surface area contributed by atoms with Crippen LogP contribution in [0.3, 0.4) is 0 Å². The molecule has 0 aliphatic carbocycles. The van der Waals surface area contributed by atoms with Crippen LogP contribution in [0.1, 0.15) is 11.1 Å². The lowest BCUT2D eigenvalue weighted by molar-refractivity contribution is 0.355. The van der Waals surface area contributed by atoms with Crippen molar-refractivity contribution >= 4 is 10.9 Å². The van der Waals surface area contributed by atoms with E-state index in [1.54, 1.807) is 14.2 Å². The molecule has 5 heteroatoms. The summed E-state index contributed by atoms with van der Waals surface area (Å²) in [6, 6.07) is 22.7. The lowest BCUT2D eigenvalue weighted by Crippen LogP contribution is -2.05. The van der Waals surface area contributed by atoms with Gasteiger partial charge in [0.25, 0.3) is 0 Å². The van der Waals surface area contributed by atoms with Crippen LogP contribution < -0.4 is 9.47 Å². The first-order chi connectivity index (χ1) is 15.2. The largest absolute Gasteiger partial charge is 0.493 e. The van der Waals surface area contributed by atoms with Crippen molar-refractivity contribution < 1.29 is 9.47 Å². The molecule has 3 aromatic rings. The summed E-state index contributed by atoms with van der Waals surface area (Å²) in [5.41, 5.74) is 7.29. The average molecular weight is 409 g/mol. The second-order valence-electron chi connectivity index (χ2n) is 7.65. The lowest BCUT2D eigenvalue weighted by Gasteiger charge is -2.18. The van der Waals surface area contributed by atoms with E-state index in [0.29, 0.717) is 11.5 Å². The molecule has 2 aliphatic rings.